The molecular formula is C10H14N2OS. The third-order valence-electron chi connectivity index (χ3n) is 2.97. The van der Waals surface area contributed by atoms with Crippen molar-refractivity contribution in [1.82, 2.24) is 4.98 Å². The molecule has 1 aliphatic carbocycles. The van der Waals surface area contributed by atoms with Crippen LogP contribution in [0.1, 0.15) is 35.4 Å². The number of nitrogens with zero attached hydrogens (tertiary/aromatic N) is 1. The van der Waals surface area contributed by atoms with Crippen LogP contribution in [0, 0.1) is 0 Å². The molecule has 1 aromatic heterocycles. The van der Waals surface area contributed by atoms with Gasteiger partial charge in [0.25, 0.3) is 0 Å². The number of ether oxygens (including phenoxy) is 1. The molecule has 2 fully saturated rings. The van der Waals surface area contributed by atoms with Crippen molar-refractivity contribution >= 4 is 11.3 Å². The summed E-state index contributed by atoms with van der Waals surface area (Å²) in [5.74, 6) is 1.09. The highest BCUT2D eigenvalue weighted by Crippen LogP contribution is 2.42. The van der Waals surface area contributed by atoms with Gasteiger partial charge in [-0.1, -0.05) is 0 Å². The summed E-state index contributed by atoms with van der Waals surface area (Å²) in [7, 11) is 0. The normalized spacial score (nSPS) is 32.4. The molecular weight excluding hydrogens is 196 g/mol. The first-order valence-corrected chi connectivity index (χ1v) is 6.01. The first-order chi connectivity index (χ1) is 6.84. The molecule has 2 atom stereocenters. The Morgan fingerprint density at radius 3 is 2.93 bits per heavy atom. The zero-order valence-electron chi connectivity index (χ0n) is 7.98. The Bertz CT molecular complexity index is 335. The van der Waals surface area contributed by atoms with E-state index >= 15 is 0 Å². The van der Waals surface area contributed by atoms with Crippen molar-refractivity contribution in [3.63, 3.8) is 0 Å². The highest BCUT2D eigenvalue weighted by molar-refractivity contribution is 7.09. The maximum Gasteiger partial charge on any atom is 0.0959 e. The number of hydrogen-bond acceptors (Lipinski definition) is 4. The number of nitrogens with two attached hydrogens (primary N) is 1. The van der Waals surface area contributed by atoms with E-state index in [-0.39, 0.29) is 6.04 Å². The Balaban J connectivity index is 1.81. The third kappa shape index (κ3) is 1.47. The molecule has 76 valence electrons. The number of thiazole rings is 1. The van der Waals surface area contributed by atoms with Gasteiger partial charge in [0.1, 0.15) is 0 Å². The van der Waals surface area contributed by atoms with E-state index < -0.39 is 0 Å². The molecule has 3 rings (SSSR count). The van der Waals surface area contributed by atoms with Crippen LogP contribution in [-0.2, 0) is 4.74 Å². The SMILES string of the molecule is NC1COCC1c1csc(C2CC2)n1. The van der Waals surface area contributed by atoms with Crippen LogP contribution < -0.4 is 5.73 Å². The van der Waals surface area contributed by atoms with Crippen LogP contribution in [0.3, 0.4) is 0 Å². The van der Waals surface area contributed by atoms with Crippen LogP contribution in [0.5, 0.6) is 0 Å². The minimum Gasteiger partial charge on any atom is -0.379 e. The molecule has 0 aromatic carbocycles. The van der Waals surface area contributed by atoms with Crippen molar-refractivity contribution in [2.24, 2.45) is 5.73 Å². The summed E-state index contributed by atoms with van der Waals surface area (Å²) in [6.45, 7) is 1.43. The molecule has 2 N–H and O–H groups in total. The van der Waals surface area contributed by atoms with Gasteiger partial charge in [0.05, 0.1) is 23.9 Å². The zero-order valence-corrected chi connectivity index (χ0v) is 8.80. The summed E-state index contributed by atoms with van der Waals surface area (Å²) >= 11 is 1.79. The van der Waals surface area contributed by atoms with E-state index in [0.717, 1.165) is 18.2 Å². The summed E-state index contributed by atoms with van der Waals surface area (Å²) in [4.78, 5) is 4.66. The molecule has 14 heavy (non-hydrogen) atoms. The van der Waals surface area contributed by atoms with Gasteiger partial charge in [-0.25, -0.2) is 4.98 Å². The first kappa shape index (κ1) is 8.83. The summed E-state index contributed by atoms with van der Waals surface area (Å²) in [5.41, 5.74) is 7.11. The summed E-state index contributed by atoms with van der Waals surface area (Å²) in [5, 5.41) is 3.46. The smallest absolute Gasteiger partial charge is 0.0959 e. The lowest BCUT2D eigenvalue weighted by atomic mass is 10.0. The Kier molecular flexibility index (Phi) is 2.08. The van der Waals surface area contributed by atoms with E-state index in [2.05, 4.69) is 10.4 Å². The molecule has 0 amide bonds. The monoisotopic (exact) mass is 210 g/mol. The molecule has 0 spiro atoms. The fourth-order valence-electron chi connectivity index (χ4n) is 1.86. The van der Waals surface area contributed by atoms with Crippen LogP contribution in [0.2, 0.25) is 0 Å². The number of aromatic nitrogens is 1. The maximum atomic E-state index is 5.95. The van der Waals surface area contributed by atoms with Crippen molar-refractivity contribution in [3.8, 4) is 0 Å². The van der Waals surface area contributed by atoms with Crippen LogP contribution in [0.15, 0.2) is 5.38 Å². The van der Waals surface area contributed by atoms with Gasteiger partial charge in [0, 0.05) is 23.3 Å². The van der Waals surface area contributed by atoms with Crippen molar-refractivity contribution in [3.05, 3.63) is 16.1 Å². The molecule has 0 bridgehead atoms. The largest absolute Gasteiger partial charge is 0.379 e. The van der Waals surface area contributed by atoms with E-state index in [1.165, 1.54) is 17.8 Å². The van der Waals surface area contributed by atoms with E-state index in [1.54, 1.807) is 11.3 Å². The highest BCUT2D eigenvalue weighted by Gasteiger charge is 2.31. The maximum absolute atomic E-state index is 5.95. The molecule has 2 unspecified atom stereocenters. The summed E-state index contributed by atoms with van der Waals surface area (Å²) < 4.78 is 5.35. The van der Waals surface area contributed by atoms with E-state index in [0.29, 0.717) is 12.5 Å². The number of rotatable bonds is 2. The minimum absolute atomic E-state index is 0.143. The average Bonchev–Trinajstić information content (AvgIpc) is 2.75. The van der Waals surface area contributed by atoms with Gasteiger partial charge < -0.3 is 10.5 Å². The van der Waals surface area contributed by atoms with E-state index in [9.17, 15) is 0 Å². The molecule has 1 saturated heterocycles. The van der Waals surface area contributed by atoms with Gasteiger partial charge in [-0.3, -0.25) is 0 Å². The molecule has 1 saturated carbocycles. The standard InChI is InChI=1S/C10H14N2OS/c11-8-4-13-3-7(8)9-5-14-10(12-9)6-1-2-6/h5-8H,1-4,11H2. The van der Waals surface area contributed by atoms with Crippen molar-refractivity contribution in [2.45, 2.75) is 30.7 Å². The second kappa shape index (κ2) is 3.29. The summed E-state index contributed by atoms with van der Waals surface area (Å²) in [6, 6.07) is 0.143. The van der Waals surface area contributed by atoms with Gasteiger partial charge in [-0.15, -0.1) is 11.3 Å². The Morgan fingerprint density at radius 1 is 1.43 bits per heavy atom. The molecule has 1 aromatic rings. The van der Waals surface area contributed by atoms with Gasteiger partial charge in [-0.2, -0.15) is 0 Å². The van der Waals surface area contributed by atoms with Crippen LogP contribution in [0.25, 0.3) is 0 Å². The number of hydrogen-bond donors (Lipinski definition) is 1. The lowest BCUT2D eigenvalue weighted by molar-refractivity contribution is 0.190. The van der Waals surface area contributed by atoms with Crippen molar-refractivity contribution < 1.29 is 4.74 Å². The average molecular weight is 210 g/mol. The van der Waals surface area contributed by atoms with Gasteiger partial charge >= 0.3 is 0 Å². The second-order valence-electron chi connectivity index (χ2n) is 4.19. The van der Waals surface area contributed by atoms with Crippen molar-refractivity contribution in [2.75, 3.05) is 13.2 Å². The van der Waals surface area contributed by atoms with Crippen LogP contribution in [-0.4, -0.2) is 24.2 Å². The van der Waals surface area contributed by atoms with Crippen LogP contribution in [0.4, 0.5) is 0 Å². The molecule has 4 heteroatoms. The molecule has 0 radical (unpaired) electrons. The van der Waals surface area contributed by atoms with E-state index in [1.807, 2.05) is 0 Å². The molecule has 2 aliphatic rings. The third-order valence-corrected chi connectivity index (χ3v) is 4.00. The van der Waals surface area contributed by atoms with Gasteiger partial charge in [0.15, 0.2) is 0 Å². The Labute approximate surface area is 87.3 Å². The topological polar surface area (TPSA) is 48.1 Å². The fourth-order valence-corrected chi connectivity index (χ4v) is 2.92. The lowest BCUT2D eigenvalue weighted by Gasteiger charge is -2.08. The van der Waals surface area contributed by atoms with Gasteiger partial charge in [-0.05, 0) is 12.8 Å². The second-order valence-corrected chi connectivity index (χ2v) is 5.08. The predicted molar refractivity (Wildman–Crippen MR) is 55.6 cm³/mol. The summed E-state index contributed by atoms with van der Waals surface area (Å²) in [6.07, 6.45) is 2.64. The molecule has 2 heterocycles. The van der Waals surface area contributed by atoms with E-state index in [4.69, 9.17) is 10.5 Å². The lowest BCUT2D eigenvalue weighted by Crippen LogP contribution is -2.27. The van der Waals surface area contributed by atoms with Crippen LogP contribution >= 0.6 is 11.3 Å². The molecule has 1 aliphatic heterocycles. The minimum atomic E-state index is 0.143. The fraction of sp³-hybridized carbons (Fsp3) is 0.700. The van der Waals surface area contributed by atoms with Gasteiger partial charge in [0.2, 0.25) is 0 Å². The highest BCUT2D eigenvalue weighted by atomic mass is 32.1. The predicted octanol–water partition coefficient (Wildman–Crippen LogP) is 1.46. The molecule has 3 nitrogen and oxygen atoms in total. The quantitative estimate of drug-likeness (QED) is 0.804. The Hall–Kier alpha value is -0.450. The first-order valence-electron chi connectivity index (χ1n) is 5.13. The van der Waals surface area contributed by atoms with Crippen molar-refractivity contribution in [1.29, 1.82) is 0 Å². The zero-order chi connectivity index (χ0) is 9.54. The Morgan fingerprint density at radius 2 is 2.29 bits per heavy atom.